The summed E-state index contributed by atoms with van der Waals surface area (Å²) in [6.07, 6.45) is 3.34. The molecule has 0 saturated heterocycles. The van der Waals surface area contributed by atoms with Crippen LogP contribution >= 0.6 is 0 Å². The first kappa shape index (κ1) is 9.66. The molecule has 0 amide bonds. The molecular weight excluding hydrogens is 177 g/mol. The summed E-state index contributed by atoms with van der Waals surface area (Å²) < 4.78 is 13.0. The van der Waals surface area contributed by atoms with E-state index in [0.29, 0.717) is 5.92 Å². The molecule has 0 aliphatic heterocycles. The van der Waals surface area contributed by atoms with Gasteiger partial charge in [0.15, 0.2) is 0 Å². The Morgan fingerprint density at radius 2 is 2.29 bits per heavy atom. The predicted molar refractivity (Wildman–Crippen MR) is 55.8 cm³/mol. The molecule has 1 aliphatic rings. The maximum atomic E-state index is 13.0. The molecule has 14 heavy (non-hydrogen) atoms. The Hall–Kier alpha value is -0.890. The Kier molecular flexibility index (Phi) is 2.82. The first-order valence-corrected chi connectivity index (χ1v) is 5.21. The van der Waals surface area contributed by atoms with E-state index in [1.807, 2.05) is 13.1 Å². The molecule has 2 rings (SSSR count). The lowest BCUT2D eigenvalue weighted by atomic mass is 9.84. The number of benzene rings is 1. The predicted octanol–water partition coefficient (Wildman–Crippen LogP) is 2.15. The molecule has 2 heteroatoms. The van der Waals surface area contributed by atoms with Gasteiger partial charge in [0.2, 0.25) is 0 Å². The van der Waals surface area contributed by atoms with E-state index in [1.165, 1.54) is 17.5 Å². The molecule has 0 spiro atoms. The van der Waals surface area contributed by atoms with Crippen molar-refractivity contribution in [1.29, 1.82) is 0 Å². The molecule has 1 atom stereocenters. The first-order chi connectivity index (χ1) is 6.79. The van der Waals surface area contributed by atoms with Crippen LogP contribution in [0.15, 0.2) is 18.2 Å². The third-order valence-electron chi connectivity index (χ3n) is 2.99. The second-order valence-corrected chi connectivity index (χ2v) is 4.08. The number of fused-ring (bicyclic) bond motifs is 1. The van der Waals surface area contributed by atoms with Crippen molar-refractivity contribution in [3.8, 4) is 0 Å². The summed E-state index contributed by atoms with van der Waals surface area (Å²) in [5.41, 5.74) is 2.54. The molecule has 0 radical (unpaired) electrons. The number of aryl methyl sites for hydroxylation is 1. The SMILES string of the molecule is CNCC1CCc2ccc(F)cc2C1. The van der Waals surface area contributed by atoms with Gasteiger partial charge in [0.1, 0.15) is 5.82 Å². The highest BCUT2D eigenvalue weighted by atomic mass is 19.1. The molecule has 0 saturated carbocycles. The number of nitrogens with one attached hydrogen (secondary N) is 1. The van der Waals surface area contributed by atoms with Gasteiger partial charge in [0.25, 0.3) is 0 Å². The van der Waals surface area contributed by atoms with Gasteiger partial charge >= 0.3 is 0 Å². The van der Waals surface area contributed by atoms with Crippen LogP contribution in [0.25, 0.3) is 0 Å². The molecule has 1 aromatic carbocycles. The van der Waals surface area contributed by atoms with Crippen LogP contribution in [0, 0.1) is 11.7 Å². The molecule has 1 aliphatic carbocycles. The van der Waals surface area contributed by atoms with Crippen LogP contribution < -0.4 is 5.32 Å². The van der Waals surface area contributed by atoms with Crippen molar-refractivity contribution >= 4 is 0 Å². The third kappa shape index (κ3) is 1.95. The second-order valence-electron chi connectivity index (χ2n) is 4.08. The van der Waals surface area contributed by atoms with E-state index in [2.05, 4.69) is 5.32 Å². The Morgan fingerprint density at radius 3 is 3.07 bits per heavy atom. The number of halogens is 1. The molecule has 1 N–H and O–H groups in total. The van der Waals surface area contributed by atoms with Gasteiger partial charge in [-0.05, 0) is 62.0 Å². The molecule has 1 nitrogen and oxygen atoms in total. The Bertz CT molecular complexity index is 322. The highest BCUT2D eigenvalue weighted by Crippen LogP contribution is 2.25. The minimum atomic E-state index is -0.103. The van der Waals surface area contributed by atoms with E-state index in [4.69, 9.17) is 0 Å². The average molecular weight is 193 g/mol. The molecule has 0 aromatic heterocycles. The monoisotopic (exact) mass is 193 g/mol. The lowest BCUT2D eigenvalue weighted by Crippen LogP contribution is -2.24. The van der Waals surface area contributed by atoms with Crippen LogP contribution in [0.4, 0.5) is 4.39 Å². The van der Waals surface area contributed by atoms with E-state index in [9.17, 15) is 4.39 Å². The minimum absolute atomic E-state index is 0.103. The highest BCUT2D eigenvalue weighted by Gasteiger charge is 2.17. The van der Waals surface area contributed by atoms with E-state index < -0.39 is 0 Å². The zero-order valence-corrected chi connectivity index (χ0v) is 8.52. The number of hydrogen-bond acceptors (Lipinski definition) is 1. The van der Waals surface area contributed by atoms with Gasteiger partial charge in [-0.25, -0.2) is 4.39 Å². The lowest BCUT2D eigenvalue weighted by molar-refractivity contribution is 0.438. The fraction of sp³-hybridized carbons (Fsp3) is 0.500. The normalized spacial score (nSPS) is 20.6. The quantitative estimate of drug-likeness (QED) is 0.759. The van der Waals surface area contributed by atoms with Gasteiger partial charge < -0.3 is 5.32 Å². The Balaban J connectivity index is 2.16. The van der Waals surface area contributed by atoms with Crippen molar-refractivity contribution in [2.45, 2.75) is 19.3 Å². The standard InChI is InChI=1S/C12H16FN/c1-14-8-9-2-3-10-4-5-12(13)7-11(10)6-9/h4-5,7,9,14H,2-3,6,8H2,1H3. The van der Waals surface area contributed by atoms with Crippen molar-refractivity contribution in [3.63, 3.8) is 0 Å². The van der Waals surface area contributed by atoms with Crippen LogP contribution in [-0.2, 0) is 12.8 Å². The highest BCUT2D eigenvalue weighted by molar-refractivity contribution is 5.30. The molecule has 76 valence electrons. The molecule has 0 bridgehead atoms. The van der Waals surface area contributed by atoms with Gasteiger partial charge in [0.05, 0.1) is 0 Å². The third-order valence-corrected chi connectivity index (χ3v) is 2.99. The fourth-order valence-corrected chi connectivity index (χ4v) is 2.26. The summed E-state index contributed by atoms with van der Waals surface area (Å²) in [6, 6.07) is 5.19. The molecule has 1 unspecified atom stereocenters. The van der Waals surface area contributed by atoms with E-state index in [-0.39, 0.29) is 5.82 Å². The van der Waals surface area contributed by atoms with Gasteiger partial charge in [-0.3, -0.25) is 0 Å². The largest absolute Gasteiger partial charge is 0.319 e. The van der Waals surface area contributed by atoms with Crippen LogP contribution in [0.1, 0.15) is 17.5 Å². The zero-order valence-electron chi connectivity index (χ0n) is 8.52. The van der Waals surface area contributed by atoms with Crippen LogP contribution in [0.3, 0.4) is 0 Å². The van der Waals surface area contributed by atoms with E-state index >= 15 is 0 Å². The number of rotatable bonds is 2. The molecule has 1 aromatic rings. The summed E-state index contributed by atoms with van der Waals surface area (Å²) in [5, 5.41) is 3.19. The van der Waals surface area contributed by atoms with E-state index in [1.54, 1.807) is 12.1 Å². The smallest absolute Gasteiger partial charge is 0.123 e. The minimum Gasteiger partial charge on any atom is -0.319 e. The van der Waals surface area contributed by atoms with Crippen LogP contribution in [0.5, 0.6) is 0 Å². The summed E-state index contributed by atoms with van der Waals surface area (Å²) in [6.45, 7) is 1.04. The van der Waals surface area contributed by atoms with Gasteiger partial charge in [-0.2, -0.15) is 0 Å². The first-order valence-electron chi connectivity index (χ1n) is 5.21. The molecule has 0 fully saturated rings. The number of hydrogen-bond donors (Lipinski definition) is 1. The summed E-state index contributed by atoms with van der Waals surface area (Å²) in [7, 11) is 1.97. The summed E-state index contributed by atoms with van der Waals surface area (Å²) in [4.78, 5) is 0. The maximum Gasteiger partial charge on any atom is 0.123 e. The fourth-order valence-electron chi connectivity index (χ4n) is 2.26. The Labute approximate surface area is 84.3 Å². The van der Waals surface area contributed by atoms with Crippen molar-refractivity contribution in [2.24, 2.45) is 5.92 Å². The van der Waals surface area contributed by atoms with Crippen molar-refractivity contribution in [3.05, 3.63) is 35.1 Å². The van der Waals surface area contributed by atoms with Gasteiger partial charge in [0, 0.05) is 0 Å². The topological polar surface area (TPSA) is 12.0 Å². The van der Waals surface area contributed by atoms with Crippen LogP contribution in [0.2, 0.25) is 0 Å². The zero-order chi connectivity index (χ0) is 9.97. The van der Waals surface area contributed by atoms with E-state index in [0.717, 1.165) is 19.4 Å². The maximum absolute atomic E-state index is 13.0. The molecule has 0 heterocycles. The van der Waals surface area contributed by atoms with Crippen LogP contribution in [-0.4, -0.2) is 13.6 Å². The van der Waals surface area contributed by atoms with Crippen molar-refractivity contribution in [1.82, 2.24) is 5.32 Å². The van der Waals surface area contributed by atoms with Gasteiger partial charge in [-0.15, -0.1) is 0 Å². The van der Waals surface area contributed by atoms with Crippen molar-refractivity contribution < 1.29 is 4.39 Å². The second kappa shape index (κ2) is 4.09. The lowest BCUT2D eigenvalue weighted by Gasteiger charge is -2.24. The molecular formula is C12H16FN. The van der Waals surface area contributed by atoms with Crippen molar-refractivity contribution in [2.75, 3.05) is 13.6 Å². The van der Waals surface area contributed by atoms with Gasteiger partial charge in [-0.1, -0.05) is 6.07 Å². The summed E-state index contributed by atoms with van der Waals surface area (Å²) in [5.74, 6) is 0.572. The Morgan fingerprint density at radius 1 is 1.43 bits per heavy atom. The summed E-state index contributed by atoms with van der Waals surface area (Å²) >= 11 is 0. The average Bonchev–Trinajstić information content (AvgIpc) is 2.17.